The lowest BCUT2D eigenvalue weighted by atomic mass is 9.70. The standard InChI is InChI=1S/C23H26O/c1-22(2)18-14-15-23(22,3)21(24)20(18)19(16-10-6-4-7-11-16)17-12-8-5-9-13-17/h4-13,18-20H,14-15H2,1-3H3/t18-,20+,23+/m0/s1. The monoisotopic (exact) mass is 318 g/mol. The molecule has 0 spiro atoms. The number of hydrogen-bond acceptors (Lipinski definition) is 1. The second-order valence-electron chi connectivity index (χ2n) is 8.39. The lowest BCUT2D eigenvalue weighted by Gasteiger charge is -2.32. The molecule has 2 aromatic rings. The van der Waals surface area contributed by atoms with Crippen molar-refractivity contribution in [2.24, 2.45) is 22.7 Å². The summed E-state index contributed by atoms with van der Waals surface area (Å²) < 4.78 is 0. The van der Waals surface area contributed by atoms with E-state index in [0.717, 1.165) is 6.42 Å². The van der Waals surface area contributed by atoms with E-state index in [2.05, 4.69) is 81.4 Å². The fourth-order valence-electron chi connectivity index (χ4n) is 5.47. The van der Waals surface area contributed by atoms with Gasteiger partial charge in [-0.05, 0) is 35.3 Å². The quantitative estimate of drug-likeness (QED) is 0.734. The van der Waals surface area contributed by atoms with Crippen molar-refractivity contribution in [1.29, 1.82) is 0 Å². The zero-order chi connectivity index (χ0) is 16.9. The summed E-state index contributed by atoms with van der Waals surface area (Å²) in [6.07, 6.45) is 2.23. The second-order valence-corrected chi connectivity index (χ2v) is 8.39. The molecule has 1 heteroatoms. The molecule has 3 atom stereocenters. The first-order valence-electron chi connectivity index (χ1n) is 9.11. The smallest absolute Gasteiger partial charge is 0.143 e. The number of ketones is 1. The van der Waals surface area contributed by atoms with Gasteiger partial charge in [0.2, 0.25) is 0 Å². The van der Waals surface area contributed by atoms with Crippen molar-refractivity contribution in [3.8, 4) is 0 Å². The maximum Gasteiger partial charge on any atom is 0.143 e. The van der Waals surface area contributed by atoms with Gasteiger partial charge >= 0.3 is 0 Å². The molecule has 2 aliphatic rings. The first-order valence-corrected chi connectivity index (χ1v) is 9.11. The van der Waals surface area contributed by atoms with Gasteiger partial charge in [0.25, 0.3) is 0 Å². The van der Waals surface area contributed by atoms with Crippen LogP contribution in [0.3, 0.4) is 0 Å². The van der Waals surface area contributed by atoms with Crippen molar-refractivity contribution in [2.75, 3.05) is 0 Å². The van der Waals surface area contributed by atoms with Crippen molar-refractivity contribution in [3.05, 3.63) is 71.8 Å². The summed E-state index contributed by atoms with van der Waals surface area (Å²) in [5.74, 6) is 1.23. The van der Waals surface area contributed by atoms with Crippen LogP contribution in [0.4, 0.5) is 0 Å². The third kappa shape index (κ3) is 1.97. The normalized spacial score (nSPS) is 30.9. The molecule has 2 saturated carbocycles. The fourth-order valence-corrected chi connectivity index (χ4v) is 5.47. The molecule has 124 valence electrons. The topological polar surface area (TPSA) is 17.1 Å². The summed E-state index contributed by atoms with van der Waals surface area (Å²) in [5, 5.41) is 0. The molecule has 0 heterocycles. The number of benzene rings is 2. The van der Waals surface area contributed by atoms with Crippen molar-refractivity contribution in [3.63, 3.8) is 0 Å². The summed E-state index contributed by atoms with van der Waals surface area (Å²) in [6, 6.07) is 21.2. The highest BCUT2D eigenvalue weighted by molar-refractivity contribution is 5.93. The minimum atomic E-state index is -0.163. The van der Waals surface area contributed by atoms with Gasteiger partial charge < -0.3 is 0 Å². The lowest BCUT2D eigenvalue weighted by Crippen LogP contribution is -2.35. The van der Waals surface area contributed by atoms with Crippen LogP contribution in [0.1, 0.15) is 50.7 Å². The van der Waals surface area contributed by atoms with E-state index in [0.29, 0.717) is 11.7 Å². The van der Waals surface area contributed by atoms with Crippen molar-refractivity contribution in [2.45, 2.75) is 39.5 Å². The molecule has 0 saturated heterocycles. The van der Waals surface area contributed by atoms with Crippen LogP contribution in [-0.4, -0.2) is 5.78 Å². The maximum absolute atomic E-state index is 13.5. The van der Waals surface area contributed by atoms with Crippen LogP contribution in [0.25, 0.3) is 0 Å². The van der Waals surface area contributed by atoms with E-state index < -0.39 is 0 Å². The molecule has 0 radical (unpaired) electrons. The zero-order valence-corrected chi connectivity index (χ0v) is 14.8. The highest BCUT2D eigenvalue weighted by atomic mass is 16.1. The Hall–Kier alpha value is -1.89. The van der Waals surface area contributed by atoms with Gasteiger partial charge in [-0.3, -0.25) is 4.79 Å². The van der Waals surface area contributed by atoms with Crippen LogP contribution in [0.2, 0.25) is 0 Å². The van der Waals surface area contributed by atoms with Crippen LogP contribution in [0, 0.1) is 22.7 Å². The van der Waals surface area contributed by atoms with Gasteiger partial charge in [-0.1, -0.05) is 81.4 Å². The summed E-state index contributed by atoms with van der Waals surface area (Å²) in [4.78, 5) is 13.5. The zero-order valence-electron chi connectivity index (χ0n) is 14.8. The average molecular weight is 318 g/mol. The molecular weight excluding hydrogens is 292 g/mol. The van der Waals surface area contributed by atoms with Gasteiger partial charge in [-0.25, -0.2) is 0 Å². The Morgan fingerprint density at radius 1 is 0.875 bits per heavy atom. The summed E-state index contributed by atoms with van der Waals surface area (Å²) in [5.41, 5.74) is 2.48. The number of rotatable bonds is 3. The molecule has 2 fully saturated rings. The highest BCUT2D eigenvalue weighted by Gasteiger charge is 2.67. The molecule has 0 aliphatic heterocycles. The molecule has 0 aromatic heterocycles. The summed E-state index contributed by atoms with van der Waals surface area (Å²) in [7, 11) is 0. The van der Waals surface area contributed by atoms with Gasteiger partial charge in [0.05, 0.1) is 0 Å². The Morgan fingerprint density at radius 2 is 1.38 bits per heavy atom. The van der Waals surface area contributed by atoms with Gasteiger partial charge in [0, 0.05) is 17.3 Å². The minimum absolute atomic E-state index is 0.0938. The van der Waals surface area contributed by atoms with Gasteiger partial charge in [-0.2, -0.15) is 0 Å². The average Bonchev–Trinajstić information content (AvgIpc) is 2.91. The summed E-state index contributed by atoms with van der Waals surface area (Å²) >= 11 is 0. The number of hydrogen-bond donors (Lipinski definition) is 0. The molecule has 2 aliphatic carbocycles. The van der Waals surface area contributed by atoms with Crippen molar-refractivity contribution >= 4 is 5.78 Å². The first kappa shape index (κ1) is 15.6. The summed E-state index contributed by atoms with van der Waals surface area (Å²) in [6.45, 7) is 6.84. The van der Waals surface area contributed by atoms with Gasteiger partial charge in [0.1, 0.15) is 5.78 Å². The molecule has 0 N–H and O–H groups in total. The van der Waals surface area contributed by atoms with Crippen LogP contribution in [-0.2, 0) is 4.79 Å². The molecule has 4 rings (SSSR count). The Morgan fingerprint density at radius 3 is 1.79 bits per heavy atom. The van der Waals surface area contributed by atoms with E-state index >= 15 is 0 Å². The number of fused-ring (bicyclic) bond motifs is 2. The Labute approximate surface area is 145 Å². The van der Waals surface area contributed by atoms with Crippen LogP contribution >= 0.6 is 0 Å². The van der Waals surface area contributed by atoms with E-state index in [4.69, 9.17) is 0 Å². The van der Waals surface area contributed by atoms with Crippen LogP contribution < -0.4 is 0 Å². The van der Waals surface area contributed by atoms with Crippen LogP contribution in [0.15, 0.2) is 60.7 Å². The minimum Gasteiger partial charge on any atom is -0.299 e. The largest absolute Gasteiger partial charge is 0.299 e. The maximum atomic E-state index is 13.5. The Balaban J connectivity index is 1.86. The molecule has 2 bridgehead atoms. The predicted molar refractivity (Wildman–Crippen MR) is 97.8 cm³/mol. The molecular formula is C23H26O. The van der Waals surface area contributed by atoms with E-state index in [9.17, 15) is 4.79 Å². The number of carbonyl (C=O) groups is 1. The van der Waals surface area contributed by atoms with Crippen LogP contribution in [0.5, 0.6) is 0 Å². The van der Waals surface area contributed by atoms with E-state index in [1.54, 1.807) is 0 Å². The third-order valence-electron chi connectivity index (χ3n) is 7.26. The SMILES string of the molecule is CC1(C)[C@H]2CC[C@]1(C)C(=O)[C@H]2C(c1ccccc1)c1ccccc1. The molecule has 0 amide bonds. The lowest BCUT2D eigenvalue weighted by molar-refractivity contribution is -0.132. The fraction of sp³-hybridized carbons (Fsp3) is 0.435. The van der Waals surface area contributed by atoms with Crippen molar-refractivity contribution in [1.82, 2.24) is 0 Å². The molecule has 1 nitrogen and oxygen atoms in total. The van der Waals surface area contributed by atoms with Gasteiger partial charge in [-0.15, -0.1) is 0 Å². The van der Waals surface area contributed by atoms with E-state index in [-0.39, 0.29) is 22.7 Å². The number of carbonyl (C=O) groups excluding carboxylic acids is 1. The second kappa shape index (κ2) is 5.31. The molecule has 2 aromatic carbocycles. The predicted octanol–water partition coefficient (Wildman–Crippen LogP) is 5.46. The number of Topliss-reactive ketones (excluding diaryl/α,β-unsaturated/α-hetero) is 1. The Kier molecular flexibility index (Phi) is 3.46. The third-order valence-corrected chi connectivity index (χ3v) is 7.26. The molecule has 0 unspecified atom stereocenters. The first-order chi connectivity index (χ1) is 11.5. The van der Waals surface area contributed by atoms with Gasteiger partial charge in [0.15, 0.2) is 0 Å². The van der Waals surface area contributed by atoms with E-state index in [1.165, 1.54) is 17.5 Å². The molecule has 24 heavy (non-hydrogen) atoms. The van der Waals surface area contributed by atoms with Crippen molar-refractivity contribution < 1.29 is 4.79 Å². The van der Waals surface area contributed by atoms with E-state index in [1.807, 2.05) is 0 Å². The Bertz CT molecular complexity index is 707. The highest BCUT2D eigenvalue weighted by Crippen LogP contribution is 2.68.